The van der Waals surface area contributed by atoms with Gasteiger partial charge in [0.25, 0.3) is 0 Å². The molecule has 3 aliphatic rings. The number of allylic oxidation sites excluding steroid dienone is 2. The molecule has 0 aromatic heterocycles. The highest BCUT2D eigenvalue weighted by Crippen LogP contribution is 2.22. The summed E-state index contributed by atoms with van der Waals surface area (Å²) in [5.74, 6) is 0.910. The van der Waals surface area contributed by atoms with Crippen molar-refractivity contribution in [1.29, 1.82) is 0 Å². The smallest absolute Gasteiger partial charge is 0.0233 e. The van der Waals surface area contributed by atoms with Gasteiger partial charge in [0, 0.05) is 45.3 Å². The van der Waals surface area contributed by atoms with Crippen LogP contribution in [0.3, 0.4) is 0 Å². The van der Waals surface area contributed by atoms with Gasteiger partial charge < -0.3 is 4.90 Å². The van der Waals surface area contributed by atoms with Crippen LogP contribution in [0.2, 0.25) is 0 Å². The molecule has 3 heteroatoms. The van der Waals surface area contributed by atoms with Crippen molar-refractivity contribution in [2.75, 3.05) is 45.8 Å². The molecule has 0 bridgehead atoms. The predicted octanol–water partition coefficient (Wildman–Crippen LogP) is 3.62. The second-order valence-electron chi connectivity index (χ2n) is 8.48. The fourth-order valence-electron chi connectivity index (χ4n) is 4.98. The second-order valence-corrected chi connectivity index (χ2v) is 8.48. The van der Waals surface area contributed by atoms with Crippen molar-refractivity contribution in [3.05, 3.63) is 48.0 Å². The van der Waals surface area contributed by atoms with E-state index in [1.807, 2.05) is 0 Å². The van der Waals surface area contributed by atoms with Gasteiger partial charge in [-0.05, 0) is 56.7 Å². The van der Waals surface area contributed by atoms with Crippen LogP contribution >= 0.6 is 0 Å². The van der Waals surface area contributed by atoms with E-state index >= 15 is 0 Å². The number of hydrogen-bond acceptors (Lipinski definition) is 3. The summed E-state index contributed by atoms with van der Waals surface area (Å²) in [5, 5.41) is 0. The van der Waals surface area contributed by atoms with E-state index < -0.39 is 0 Å². The Kier molecular flexibility index (Phi) is 6.42. The lowest BCUT2D eigenvalue weighted by Gasteiger charge is -2.43. The fraction of sp³-hybridized carbons (Fsp3) is 0.652. The van der Waals surface area contributed by atoms with E-state index in [-0.39, 0.29) is 0 Å². The summed E-state index contributed by atoms with van der Waals surface area (Å²) < 4.78 is 0. The SMILES string of the molecule is C1=CC[C@H](CN2CCN(C3CCN(Cc4ccccc4)CC3)CC2)CC1. The Morgan fingerprint density at radius 1 is 0.769 bits per heavy atom. The molecule has 0 spiro atoms. The highest BCUT2D eigenvalue weighted by atomic mass is 15.3. The lowest BCUT2D eigenvalue weighted by molar-refractivity contribution is 0.0515. The Balaban J connectivity index is 1.17. The van der Waals surface area contributed by atoms with Crippen LogP contribution in [-0.4, -0.2) is 66.6 Å². The molecule has 0 amide bonds. The quantitative estimate of drug-likeness (QED) is 0.749. The van der Waals surface area contributed by atoms with Crippen LogP contribution in [0.5, 0.6) is 0 Å². The standard InChI is InChI=1S/C23H35N3/c1-3-7-21(8-4-1)19-24-13-11-23(12-14-24)26-17-15-25(16-18-26)20-22-9-5-2-6-10-22/h1-5,7-8,22-23H,6,9-20H2/t22-/m0/s1. The van der Waals surface area contributed by atoms with Gasteiger partial charge in [-0.2, -0.15) is 0 Å². The summed E-state index contributed by atoms with van der Waals surface area (Å²) in [7, 11) is 0. The molecule has 1 aromatic rings. The van der Waals surface area contributed by atoms with Crippen LogP contribution in [-0.2, 0) is 6.54 Å². The highest BCUT2D eigenvalue weighted by Gasteiger charge is 2.28. The molecule has 1 aromatic carbocycles. The van der Waals surface area contributed by atoms with Crippen molar-refractivity contribution in [1.82, 2.24) is 14.7 Å². The first-order valence-electron chi connectivity index (χ1n) is 10.7. The first-order valence-corrected chi connectivity index (χ1v) is 10.7. The molecule has 2 aliphatic heterocycles. The maximum atomic E-state index is 2.79. The lowest BCUT2D eigenvalue weighted by Crippen LogP contribution is -2.53. The van der Waals surface area contributed by atoms with Crippen molar-refractivity contribution in [3.63, 3.8) is 0 Å². The highest BCUT2D eigenvalue weighted by molar-refractivity contribution is 5.14. The van der Waals surface area contributed by atoms with Gasteiger partial charge >= 0.3 is 0 Å². The van der Waals surface area contributed by atoms with Crippen molar-refractivity contribution in [2.24, 2.45) is 5.92 Å². The van der Waals surface area contributed by atoms with Crippen LogP contribution in [0.15, 0.2) is 42.5 Å². The molecule has 3 nitrogen and oxygen atoms in total. The van der Waals surface area contributed by atoms with Crippen LogP contribution in [0.1, 0.15) is 37.7 Å². The van der Waals surface area contributed by atoms with E-state index in [0.29, 0.717) is 0 Å². The van der Waals surface area contributed by atoms with Crippen LogP contribution in [0.4, 0.5) is 0 Å². The third kappa shape index (κ3) is 4.97. The molecule has 0 N–H and O–H groups in total. The third-order valence-corrected chi connectivity index (χ3v) is 6.62. The average molecular weight is 354 g/mol. The van der Waals surface area contributed by atoms with Gasteiger partial charge in [0.15, 0.2) is 0 Å². The predicted molar refractivity (Wildman–Crippen MR) is 109 cm³/mol. The minimum atomic E-state index is 0.821. The second kappa shape index (κ2) is 9.16. The Morgan fingerprint density at radius 2 is 1.54 bits per heavy atom. The number of piperidine rings is 1. The first kappa shape index (κ1) is 18.2. The number of benzene rings is 1. The molecule has 0 unspecified atom stereocenters. The van der Waals surface area contributed by atoms with E-state index in [9.17, 15) is 0 Å². The Bertz CT molecular complexity index is 554. The van der Waals surface area contributed by atoms with E-state index in [1.54, 1.807) is 0 Å². The van der Waals surface area contributed by atoms with Gasteiger partial charge in [-0.15, -0.1) is 0 Å². The molecule has 2 heterocycles. The zero-order valence-corrected chi connectivity index (χ0v) is 16.2. The van der Waals surface area contributed by atoms with Gasteiger partial charge in [0.05, 0.1) is 0 Å². The number of hydrogen-bond donors (Lipinski definition) is 0. The van der Waals surface area contributed by atoms with E-state index in [1.165, 1.54) is 83.5 Å². The largest absolute Gasteiger partial charge is 0.301 e. The number of piperazine rings is 1. The molecule has 0 radical (unpaired) electrons. The normalized spacial score (nSPS) is 27.0. The number of likely N-dealkylation sites (tertiary alicyclic amines) is 1. The van der Waals surface area contributed by atoms with Crippen molar-refractivity contribution in [3.8, 4) is 0 Å². The van der Waals surface area contributed by atoms with Crippen LogP contribution in [0, 0.1) is 5.92 Å². The maximum Gasteiger partial charge on any atom is 0.0233 e. The Labute approximate surface area is 159 Å². The monoisotopic (exact) mass is 353 g/mol. The maximum absolute atomic E-state index is 2.79. The van der Waals surface area contributed by atoms with Gasteiger partial charge in [-0.1, -0.05) is 42.5 Å². The van der Waals surface area contributed by atoms with Crippen molar-refractivity contribution >= 4 is 0 Å². The molecular weight excluding hydrogens is 318 g/mol. The van der Waals surface area contributed by atoms with Gasteiger partial charge in [0.1, 0.15) is 0 Å². The summed E-state index contributed by atoms with van der Waals surface area (Å²) in [5.41, 5.74) is 1.46. The summed E-state index contributed by atoms with van der Waals surface area (Å²) in [6, 6.07) is 11.8. The van der Waals surface area contributed by atoms with Crippen molar-refractivity contribution < 1.29 is 0 Å². The van der Waals surface area contributed by atoms with E-state index in [4.69, 9.17) is 0 Å². The van der Waals surface area contributed by atoms with Crippen LogP contribution in [0.25, 0.3) is 0 Å². The summed E-state index contributed by atoms with van der Waals surface area (Å²) in [4.78, 5) is 8.15. The lowest BCUT2D eigenvalue weighted by atomic mass is 9.93. The minimum Gasteiger partial charge on any atom is -0.301 e. The zero-order chi connectivity index (χ0) is 17.6. The molecule has 142 valence electrons. The molecule has 2 saturated heterocycles. The molecule has 1 aliphatic carbocycles. The fourth-order valence-corrected chi connectivity index (χ4v) is 4.98. The minimum absolute atomic E-state index is 0.821. The summed E-state index contributed by atoms with van der Waals surface area (Å²) in [6.45, 7) is 10.1. The molecule has 0 saturated carbocycles. The molecule has 26 heavy (non-hydrogen) atoms. The molecule has 1 atom stereocenters. The van der Waals surface area contributed by atoms with E-state index in [0.717, 1.165) is 18.5 Å². The van der Waals surface area contributed by atoms with Gasteiger partial charge in [-0.25, -0.2) is 0 Å². The molecule has 4 rings (SSSR count). The molecule has 2 fully saturated rings. The van der Waals surface area contributed by atoms with Crippen LogP contribution < -0.4 is 0 Å². The zero-order valence-electron chi connectivity index (χ0n) is 16.2. The topological polar surface area (TPSA) is 9.72 Å². The van der Waals surface area contributed by atoms with Crippen molar-refractivity contribution in [2.45, 2.75) is 44.7 Å². The molecular formula is C23H35N3. The average Bonchev–Trinajstić information content (AvgIpc) is 2.71. The summed E-state index contributed by atoms with van der Waals surface area (Å²) in [6.07, 6.45) is 11.5. The van der Waals surface area contributed by atoms with Gasteiger partial charge in [0.2, 0.25) is 0 Å². The first-order chi connectivity index (χ1) is 12.9. The van der Waals surface area contributed by atoms with Gasteiger partial charge in [-0.3, -0.25) is 9.80 Å². The Hall–Kier alpha value is -1.16. The number of nitrogens with zero attached hydrogens (tertiary/aromatic N) is 3. The van der Waals surface area contributed by atoms with E-state index in [2.05, 4.69) is 57.2 Å². The third-order valence-electron chi connectivity index (χ3n) is 6.62. The Morgan fingerprint density at radius 3 is 2.23 bits per heavy atom. The summed E-state index contributed by atoms with van der Waals surface area (Å²) >= 11 is 0. The number of rotatable bonds is 5.